The number of aromatic amines is 1. The maximum atomic E-state index is 11.2. The van der Waals surface area contributed by atoms with Crippen LogP contribution >= 0.6 is 0 Å². The van der Waals surface area contributed by atoms with Gasteiger partial charge in [-0.1, -0.05) is 6.07 Å². The van der Waals surface area contributed by atoms with Gasteiger partial charge < -0.3 is 25.9 Å². The molecule has 1 aromatic carbocycles. The number of hydrogen-bond donors (Lipinski definition) is 4. The number of rotatable bonds is 7. The number of primary amides is 1. The summed E-state index contributed by atoms with van der Waals surface area (Å²) in [7, 11) is 0. The van der Waals surface area contributed by atoms with Crippen molar-refractivity contribution in [1.29, 1.82) is 0 Å². The molecule has 5 N–H and O–H groups in total. The maximum Gasteiger partial charge on any atom is 0.221 e. The van der Waals surface area contributed by atoms with Crippen LogP contribution in [0.4, 0.5) is 0 Å². The van der Waals surface area contributed by atoms with Gasteiger partial charge in [0.25, 0.3) is 0 Å². The fourth-order valence-corrected chi connectivity index (χ4v) is 2.34. The summed E-state index contributed by atoms with van der Waals surface area (Å²) in [5.41, 5.74) is 6.90. The Morgan fingerprint density at radius 3 is 2.83 bits per heavy atom. The number of aliphatic hydroxyl groups is 1. The van der Waals surface area contributed by atoms with E-state index in [0.29, 0.717) is 12.3 Å². The average Bonchev–Trinajstić information content (AvgIpc) is 2.85. The second kappa shape index (κ2) is 7.02. The van der Waals surface area contributed by atoms with Crippen molar-refractivity contribution in [2.24, 2.45) is 5.73 Å². The van der Waals surface area contributed by atoms with E-state index in [1.165, 1.54) is 0 Å². The molecule has 0 aliphatic heterocycles. The molecule has 23 heavy (non-hydrogen) atoms. The zero-order valence-corrected chi connectivity index (χ0v) is 13.8. The minimum absolute atomic E-state index is 0.0592. The molecule has 0 fully saturated rings. The van der Waals surface area contributed by atoms with Crippen molar-refractivity contribution in [2.75, 3.05) is 13.2 Å². The highest BCUT2D eigenvalue weighted by Crippen LogP contribution is 2.29. The summed E-state index contributed by atoms with van der Waals surface area (Å²) >= 11 is 0. The number of β-amino-alcohol motifs (C(OH)–C–C–N with tert-alkyl or cyclic N) is 1. The van der Waals surface area contributed by atoms with Crippen LogP contribution in [0.3, 0.4) is 0 Å². The smallest absolute Gasteiger partial charge is 0.221 e. The molecule has 0 aliphatic rings. The van der Waals surface area contributed by atoms with E-state index >= 15 is 0 Å². The van der Waals surface area contributed by atoms with Gasteiger partial charge in [-0.05, 0) is 38.5 Å². The topological polar surface area (TPSA) is 100 Å². The van der Waals surface area contributed by atoms with Gasteiger partial charge in [0, 0.05) is 29.2 Å². The molecule has 1 heterocycles. The minimum Gasteiger partial charge on any atom is -0.490 e. The average molecular weight is 319 g/mol. The molecule has 0 radical (unpaired) electrons. The van der Waals surface area contributed by atoms with Crippen molar-refractivity contribution in [3.63, 3.8) is 0 Å². The third-order valence-electron chi connectivity index (χ3n) is 3.41. The number of nitrogens with one attached hydrogen (secondary N) is 2. The molecule has 1 unspecified atom stereocenters. The summed E-state index contributed by atoms with van der Waals surface area (Å²) in [5.74, 6) is 0.241. The molecule has 0 saturated heterocycles. The molecule has 126 valence electrons. The van der Waals surface area contributed by atoms with Gasteiger partial charge in [-0.2, -0.15) is 0 Å². The Hall–Kier alpha value is -2.05. The number of carbonyl (C=O) groups excluding carboxylic acids is 1. The minimum atomic E-state index is -0.622. The van der Waals surface area contributed by atoms with Gasteiger partial charge in [0.1, 0.15) is 18.5 Å². The molecule has 0 saturated carbocycles. The Labute approximate surface area is 136 Å². The molecule has 2 aromatic rings. The second-order valence-corrected chi connectivity index (χ2v) is 6.73. The molecule has 6 heteroatoms. The van der Waals surface area contributed by atoms with Gasteiger partial charge in [-0.25, -0.2) is 0 Å². The number of hydrogen-bond acceptors (Lipinski definition) is 4. The van der Waals surface area contributed by atoms with Gasteiger partial charge in [0.05, 0.1) is 6.42 Å². The van der Waals surface area contributed by atoms with Crippen LogP contribution in [-0.2, 0) is 11.2 Å². The SMILES string of the molecule is CC(C)(C)NCC(O)COc1cccc2[nH]cc(CC(N)=O)c12. The predicted molar refractivity (Wildman–Crippen MR) is 90.5 cm³/mol. The molecule has 1 aromatic heterocycles. The quantitative estimate of drug-likeness (QED) is 0.618. The molecule has 6 nitrogen and oxygen atoms in total. The molecule has 1 atom stereocenters. The van der Waals surface area contributed by atoms with Crippen molar-refractivity contribution in [3.05, 3.63) is 30.0 Å². The van der Waals surface area contributed by atoms with Gasteiger partial charge in [-0.15, -0.1) is 0 Å². The summed E-state index contributed by atoms with van der Waals surface area (Å²) in [6.45, 7) is 6.73. The third-order valence-corrected chi connectivity index (χ3v) is 3.41. The number of benzene rings is 1. The summed E-state index contributed by atoms with van der Waals surface area (Å²) in [6.07, 6.45) is 1.29. The molecular formula is C17H25N3O3. The first kappa shape index (κ1) is 17.3. The molecule has 1 amide bonds. The van der Waals surface area contributed by atoms with Crippen molar-refractivity contribution in [3.8, 4) is 5.75 Å². The lowest BCUT2D eigenvalue weighted by Crippen LogP contribution is -2.42. The van der Waals surface area contributed by atoms with Gasteiger partial charge in [0.15, 0.2) is 0 Å². The van der Waals surface area contributed by atoms with Crippen molar-refractivity contribution >= 4 is 16.8 Å². The summed E-state index contributed by atoms with van der Waals surface area (Å²) in [6, 6.07) is 5.59. The highest BCUT2D eigenvalue weighted by Gasteiger charge is 2.15. The fourth-order valence-electron chi connectivity index (χ4n) is 2.34. The highest BCUT2D eigenvalue weighted by atomic mass is 16.5. The standard InChI is InChI=1S/C17H25N3O3/c1-17(2,3)20-9-12(21)10-23-14-6-4-5-13-16(14)11(8-19-13)7-15(18)22/h4-6,8,12,19-21H,7,9-10H2,1-3H3,(H2,18,22). The Balaban J connectivity index is 2.07. The Morgan fingerprint density at radius 2 is 2.17 bits per heavy atom. The number of nitrogens with two attached hydrogens (primary N) is 1. The van der Waals surface area contributed by atoms with Gasteiger partial charge >= 0.3 is 0 Å². The summed E-state index contributed by atoms with van der Waals surface area (Å²) in [5, 5.41) is 14.1. The Morgan fingerprint density at radius 1 is 1.43 bits per heavy atom. The normalized spacial score (nSPS) is 13.2. The van der Waals surface area contributed by atoms with Gasteiger partial charge in [-0.3, -0.25) is 4.79 Å². The largest absolute Gasteiger partial charge is 0.490 e. The summed E-state index contributed by atoms with van der Waals surface area (Å²) in [4.78, 5) is 14.3. The van der Waals surface area contributed by atoms with Crippen LogP contribution in [0.15, 0.2) is 24.4 Å². The van der Waals surface area contributed by atoms with Crippen molar-refractivity contribution in [2.45, 2.75) is 38.8 Å². The number of aromatic nitrogens is 1. The Kier molecular flexibility index (Phi) is 5.28. The van der Waals surface area contributed by atoms with Crippen LogP contribution in [0.25, 0.3) is 10.9 Å². The highest BCUT2D eigenvalue weighted by molar-refractivity contribution is 5.92. The monoisotopic (exact) mass is 319 g/mol. The zero-order chi connectivity index (χ0) is 17.0. The lowest BCUT2D eigenvalue weighted by atomic mass is 10.1. The number of fused-ring (bicyclic) bond motifs is 1. The molecule has 0 spiro atoms. The fraction of sp³-hybridized carbons (Fsp3) is 0.471. The maximum absolute atomic E-state index is 11.2. The van der Waals surface area contributed by atoms with Crippen LogP contribution in [0, 0.1) is 0 Å². The molecule has 0 bridgehead atoms. The first-order chi connectivity index (χ1) is 10.8. The molecular weight excluding hydrogens is 294 g/mol. The van der Waals surface area contributed by atoms with E-state index in [0.717, 1.165) is 16.5 Å². The van der Waals surface area contributed by atoms with Crippen LogP contribution in [0.2, 0.25) is 0 Å². The molecule has 2 rings (SSSR count). The van der Waals surface area contributed by atoms with Crippen LogP contribution in [-0.4, -0.2) is 40.8 Å². The van der Waals surface area contributed by atoms with E-state index in [2.05, 4.69) is 10.3 Å². The number of aliphatic hydroxyl groups excluding tert-OH is 1. The van der Waals surface area contributed by atoms with E-state index in [-0.39, 0.29) is 18.6 Å². The first-order valence-electron chi connectivity index (χ1n) is 7.69. The van der Waals surface area contributed by atoms with E-state index < -0.39 is 12.0 Å². The van der Waals surface area contributed by atoms with E-state index in [1.54, 1.807) is 6.20 Å². The van der Waals surface area contributed by atoms with Crippen LogP contribution in [0.1, 0.15) is 26.3 Å². The predicted octanol–water partition coefficient (Wildman–Crippen LogP) is 1.32. The lowest BCUT2D eigenvalue weighted by Gasteiger charge is -2.23. The Bertz CT molecular complexity index is 673. The second-order valence-electron chi connectivity index (χ2n) is 6.73. The number of amides is 1. The first-order valence-corrected chi connectivity index (χ1v) is 7.69. The number of carbonyl (C=O) groups is 1. The van der Waals surface area contributed by atoms with Crippen molar-refractivity contribution < 1.29 is 14.6 Å². The van der Waals surface area contributed by atoms with E-state index in [9.17, 15) is 9.90 Å². The zero-order valence-electron chi connectivity index (χ0n) is 13.8. The van der Waals surface area contributed by atoms with E-state index in [1.807, 2.05) is 39.0 Å². The van der Waals surface area contributed by atoms with Crippen LogP contribution in [0.5, 0.6) is 5.75 Å². The number of ether oxygens (including phenoxy) is 1. The van der Waals surface area contributed by atoms with Crippen molar-refractivity contribution in [1.82, 2.24) is 10.3 Å². The number of H-pyrrole nitrogens is 1. The van der Waals surface area contributed by atoms with E-state index in [4.69, 9.17) is 10.5 Å². The molecule has 0 aliphatic carbocycles. The lowest BCUT2D eigenvalue weighted by molar-refractivity contribution is -0.117. The third kappa shape index (κ3) is 4.97. The van der Waals surface area contributed by atoms with Crippen LogP contribution < -0.4 is 15.8 Å². The van der Waals surface area contributed by atoms with Gasteiger partial charge in [0.2, 0.25) is 5.91 Å². The summed E-state index contributed by atoms with van der Waals surface area (Å²) < 4.78 is 5.76.